The molecule has 2 heterocycles. The van der Waals surface area contributed by atoms with Crippen molar-refractivity contribution in [1.29, 1.82) is 0 Å². The van der Waals surface area contributed by atoms with Crippen molar-refractivity contribution >= 4 is 11.4 Å². The van der Waals surface area contributed by atoms with Gasteiger partial charge >= 0.3 is 0 Å². The number of hydrogen-bond acceptors (Lipinski definition) is 4. The first kappa shape index (κ1) is 12.2. The number of nitrogen functional groups attached to an aromatic ring is 1. The fourth-order valence-electron chi connectivity index (χ4n) is 2.32. The Morgan fingerprint density at radius 2 is 2.18 bits per heavy atom. The van der Waals surface area contributed by atoms with Crippen LogP contribution in [0.1, 0.15) is 19.8 Å². The molecule has 1 aliphatic heterocycles. The maximum Gasteiger partial charge on any atom is 0.0547 e. The van der Waals surface area contributed by atoms with Gasteiger partial charge in [0.25, 0.3) is 0 Å². The molecule has 4 heteroatoms. The molecule has 4 nitrogen and oxygen atoms in total. The van der Waals surface area contributed by atoms with Gasteiger partial charge in [0, 0.05) is 19.3 Å². The second kappa shape index (κ2) is 5.87. The van der Waals surface area contributed by atoms with E-state index in [2.05, 4.69) is 22.1 Å². The SMILES string of the molecule is CC(CNc1cncc(N)c1)CN1CCCC1. The Hall–Kier alpha value is -1.29. The van der Waals surface area contributed by atoms with E-state index in [1.165, 1.54) is 32.5 Å². The van der Waals surface area contributed by atoms with E-state index in [4.69, 9.17) is 5.73 Å². The number of pyridine rings is 1. The lowest BCUT2D eigenvalue weighted by molar-refractivity contribution is 0.294. The van der Waals surface area contributed by atoms with Crippen LogP contribution in [0.25, 0.3) is 0 Å². The number of aromatic nitrogens is 1. The molecule has 0 aliphatic carbocycles. The average Bonchev–Trinajstić information content (AvgIpc) is 2.79. The third-order valence-corrected chi connectivity index (χ3v) is 3.18. The topological polar surface area (TPSA) is 54.2 Å². The molecule has 94 valence electrons. The Morgan fingerprint density at radius 1 is 1.41 bits per heavy atom. The molecule has 0 spiro atoms. The van der Waals surface area contributed by atoms with Crippen molar-refractivity contribution in [3.8, 4) is 0 Å². The molecule has 1 fully saturated rings. The van der Waals surface area contributed by atoms with Gasteiger partial charge < -0.3 is 16.0 Å². The standard InChI is InChI=1S/C13H22N4/c1-11(10-17-4-2-3-5-17)7-16-13-6-12(14)8-15-9-13/h6,8-9,11,16H,2-5,7,10,14H2,1H3. The number of rotatable bonds is 5. The Balaban J connectivity index is 1.73. The molecule has 0 radical (unpaired) electrons. The van der Waals surface area contributed by atoms with Crippen LogP contribution in [0.4, 0.5) is 11.4 Å². The Morgan fingerprint density at radius 3 is 2.88 bits per heavy atom. The molecule has 3 N–H and O–H groups in total. The molecule has 1 aromatic rings. The minimum absolute atomic E-state index is 0.648. The highest BCUT2D eigenvalue weighted by atomic mass is 15.1. The Bertz CT molecular complexity index is 347. The van der Waals surface area contributed by atoms with Crippen molar-refractivity contribution in [2.45, 2.75) is 19.8 Å². The number of nitrogens with one attached hydrogen (secondary N) is 1. The Labute approximate surface area is 103 Å². The third-order valence-electron chi connectivity index (χ3n) is 3.18. The Kier molecular flexibility index (Phi) is 4.20. The molecular formula is C13H22N4. The summed E-state index contributed by atoms with van der Waals surface area (Å²) in [4.78, 5) is 6.61. The van der Waals surface area contributed by atoms with Crippen LogP contribution in [0.3, 0.4) is 0 Å². The molecule has 1 unspecified atom stereocenters. The van der Waals surface area contributed by atoms with Crippen LogP contribution < -0.4 is 11.1 Å². The van der Waals surface area contributed by atoms with E-state index in [0.717, 1.165) is 12.2 Å². The van der Waals surface area contributed by atoms with Crippen LogP contribution >= 0.6 is 0 Å². The summed E-state index contributed by atoms with van der Waals surface area (Å²) in [5.41, 5.74) is 7.41. The van der Waals surface area contributed by atoms with Crippen LogP contribution in [0, 0.1) is 5.92 Å². The molecule has 0 saturated carbocycles. The number of anilines is 2. The van der Waals surface area contributed by atoms with Crippen molar-refractivity contribution in [3.63, 3.8) is 0 Å². The third kappa shape index (κ3) is 3.89. The zero-order valence-corrected chi connectivity index (χ0v) is 10.5. The molecule has 0 amide bonds. The van der Waals surface area contributed by atoms with Gasteiger partial charge in [-0.15, -0.1) is 0 Å². The molecule has 1 saturated heterocycles. The van der Waals surface area contributed by atoms with E-state index in [1.54, 1.807) is 6.20 Å². The summed E-state index contributed by atoms with van der Waals surface area (Å²) in [6.45, 7) is 6.98. The summed E-state index contributed by atoms with van der Waals surface area (Å²) in [6, 6.07) is 1.93. The fraction of sp³-hybridized carbons (Fsp3) is 0.615. The lowest BCUT2D eigenvalue weighted by Gasteiger charge is -2.20. The highest BCUT2D eigenvalue weighted by Gasteiger charge is 2.14. The van der Waals surface area contributed by atoms with Crippen molar-refractivity contribution in [2.75, 3.05) is 37.2 Å². The van der Waals surface area contributed by atoms with Crippen LogP contribution in [-0.4, -0.2) is 36.1 Å². The lowest BCUT2D eigenvalue weighted by atomic mass is 10.1. The van der Waals surface area contributed by atoms with Crippen LogP contribution in [0.2, 0.25) is 0 Å². The highest BCUT2D eigenvalue weighted by molar-refractivity contribution is 5.51. The molecule has 2 rings (SSSR count). The second-order valence-electron chi connectivity index (χ2n) is 5.00. The van der Waals surface area contributed by atoms with E-state index in [1.807, 2.05) is 12.3 Å². The molecule has 0 aromatic carbocycles. The summed E-state index contributed by atoms with van der Waals surface area (Å²) in [5.74, 6) is 0.648. The monoisotopic (exact) mass is 234 g/mol. The number of hydrogen-bond donors (Lipinski definition) is 2. The minimum atomic E-state index is 0.648. The minimum Gasteiger partial charge on any atom is -0.397 e. The van der Waals surface area contributed by atoms with Gasteiger partial charge in [-0.3, -0.25) is 4.98 Å². The van der Waals surface area contributed by atoms with Gasteiger partial charge in [-0.05, 0) is 37.9 Å². The highest BCUT2D eigenvalue weighted by Crippen LogP contribution is 2.13. The van der Waals surface area contributed by atoms with Crippen molar-refractivity contribution < 1.29 is 0 Å². The van der Waals surface area contributed by atoms with Crippen LogP contribution in [0.5, 0.6) is 0 Å². The summed E-state index contributed by atoms with van der Waals surface area (Å²) < 4.78 is 0. The van der Waals surface area contributed by atoms with Crippen molar-refractivity contribution in [1.82, 2.24) is 9.88 Å². The van der Waals surface area contributed by atoms with E-state index >= 15 is 0 Å². The first-order chi connectivity index (χ1) is 8.24. The van der Waals surface area contributed by atoms with Crippen molar-refractivity contribution in [2.24, 2.45) is 5.92 Å². The van der Waals surface area contributed by atoms with Crippen LogP contribution in [0.15, 0.2) is 18.5 Å². The fourth-order valence-corrected chi connectivity index (χ4v) is 2.32. The van der Waals surface area contributed by atoms with Gasteiger partial charge in [0.1, 0.15) is 0 Å². The van der Waals surface area contributed by atoms with Crippen LogP contribution in [-0.2, 0) is 0 Å². The average molecular weight is 234 g/mol. The van der Waals surface area contributed by atoms with E-state index in [-0.39, 0.29) is 0 Å². The summed E-state index contributed by atoms with van der Waals surface area (Å²) in [5, 5.41) is 3.39. The van der Waals surface area contributed by atoms with Gasteiger partial charge in [-0.2, -0.15) is 0 Å². The summed E-state index contributed by atoms with van der Waals surface area (Å²) in [7, 11) is 0. The molecule has 1 aromatic heterocycles. The zero-order chi connectivity index (χ0) is 12.1. The number of likely N-dealkylation sites (tertiary alicyclic amines) is 1. The summed E-state index contributed by atoms with van der Waals surface area (Å²) in [6.07, 6.45) is 6.20. The van der Waals surface area contributed by atoms with Gasteiger partial charge in [0.2, 0.25) is 0 Å². The predicted molar refractivity (Wildman–Crippen MR) is 72.0 cm³/mol. The van der Waals surface area contributed by atoms with Gasteiger partial charge in [-0.25, -0.2) is 0 Å². The second-order valence-corrected chi connectivity index (χ2v) is 5.00. The summed E-state index contributed by atoms with van der Waals surface area (Å²) >= 11 is 0. The molecule has 1 aliphatic rings. The van der Waals surface area contributed by atoms with Gasteiger partial charge in [0.15, 0.2) is 0 Å². The zero-order valence-electron chi connectivity index (χ0n) is 10.5. The largest absolute Gasteiger partial charge is 0.397 e. The smallest absolute Gasteiger partial charge is 0.0547 e. The van der Waals surface area contributed by atoms with Gasteiger partial charge in [-0.1, -0.05) is 6.92 Å². The molecule has 1 atom stereocenters. The first-order valence-electron chi connectivity index (χ1n) is 6.41. The maximum absolute atomic E-state index is 5.69. The molecule has 17 heavy (non-hydrogen) atoms. The van der Waals surface area contributed by atoms with E-state index < -0.39 is 0 Å². The lowest BCUT2D eigenvalue weighted by Crippen LogP contribution is -2.28. The normalized spacial score (nSPS) is 18.2. The molecular weight excluding hydrogens is 212 g/mol. The first-order valence-corrected chi connectivity index (χ1v) is 6.41. The maximum atomic E-state index is 5.69. The van der Waals surface area contributed by atoms with E-state index in [0.29, 0.717) is 11.6 Å². The van der Waals surface area contributed by atoms with Crippen molar-refractivity contribution in [3.05, 3.63) is 18.5 Å². The van der Waals surface area contributed by atoms with E-state index in [9.17, 15) is 0 Å². The number of nitrogens with zero attached hydrogens (tertiary/aromatic N) is 2. The van der Waals surface area contributed by atoms with Gasteiger partial charge in [0.05, 0.1) is 17.6 Å². The predicted octanol–water partition coefficient (Wildman–Crippen LogP) is 1.81. The number of nitrogens with two attached hydrogens (primary N) is 1. The molecule has 0 bridgehead atoms. The quantitative estimate of drug-likeness (QED) is 0.816.